The zero-order chi connectivity index (χ0) is 13.2. The van der Waals surface area contributed by atoms with Crippen LogP contribution in [0.15, 0.2) is 28.7 Å². The van der Waals surface area contributed by atoms with Crippen LogP contribution in [0, 0.1) is 0 Å². The second-order valence-corrected chi connectivity index (χ2v) is 5.67. The molecule has 1 aromatic carbocycles. The van der Waals surface area contributed by atoms with Crippen LogP contribution in [0.2, 0.25) is 0 Å². The molecule has 1 fully saturated rings. The predicted molar refractivity (Wildman–Crippen MR) is 72.5 cm³/mol. The first-order chi connectivity index (χ1) is 8.47. The molecule has 0 spiro atoms. The van der Waals surface area contributed by atoms with Crippen molar-refractivity contribution in [3.05, 3.63) is 28.7 Å². The number of benzene rings is 1. The molecule has 18 heavy (non-hydrogen) atoms. The summed E-state index contributed by atoms with van der Waals surface area (Å²) in [5.41, 5.74) is -0.118. The zero-order valence-corrected chi connectivity index (χ0v) is 12.0. The van der Waals surface area contributed by atoms with Crippen molar-refractivity contribution in [1.29, 1.82) is 0 Å². The Hall–Kier alpha value is -0.910. The van der Waals surface area contributed by atoms with Crippen molar-refractivity contribution < 1.29 is 14.3 Å². The minimum absolute atomic E-state index is 0.0215. The Morgan fingerprint density at radius 2 is 2.22 bits per heavy atom. The summed E-state index contributed by atoms with van der Waals surface area (Å²) < 4.78 is 11.6. The molecule has 1 aliphatic rings. The summed E-state index contributed by atoms with van der Waals surface area (Å²) in [4.78, 5) is 12.1. The summed E-state index contributed by atoms with van der Waals surface area (Å²) in [6.45, 7) is 4.65. The first-order valence-corrected chi connectivity index (χ1v) is 6.59. The molecule has 1 N–H and O–H groups in total. The van der Waals surface area contributed by atoms with Crippen LogP contribution in [0.1, 0.15) is 13.8 Å². The highest BCUT2D eigenvalue weighted by Gasteiger charge is 2.34. The van der Waals surface area contributed by atoms with Gasteiger partial charge in [0.15, 0.2) is 0 Å². The molecule has 0 unspecified atom stereocenters. The maximum absolute atomic E-state index is 12.1. The molecule has 0 bridgehead atoms. The van der Waals surface area contributed by atoms with Crippen molar-refractivity contribution in [2.24, 2.45) is 0 Å². The van der Waals surface area contributed by atoms with Crippen LogP contribution in [0.4, 0.5) is 5.69 Å². The summed E-state index contributed by atoms with van der Waals surface area (Å²) in [7, 11) is 0. The van der Waals surface area contributed by atoms with E-state index in [1.54, 1.807) is 13.8 Å². The molecule has 2 rings (SSSR count). The fourth-order valence-electron chi connectivity index (χ4n) is 1.60. The highest BCUT2D eigenvalue weighted by atomic mass is 79.9. The van der Waals surface area contributed by atoms with Gasteiger partial charge in [0, 0.05) is 10.2 Å². The van der Waals surface area contributed by atoms with Crippen LogP contribution in [0.25, 0.3) is 0 Å². The van der Waals surface area contributed by atoms with Crippen LogP contribution < -0.4 is 5.32 Å². The van der Waals surface area contributed by atoms with Gasteiger partial charge in [-0.2, -0.15) is 0 Å². The molecule has 0 radical (unpaired) electrons. The van der Waals surface area contributed by atoms with Gasteiger partial charge in [-0.05, 0) is 32.0 Å². The number of ether oxygens (including phenoxy) is 2. The third-order valence-corrected chi connectivity index (χ3v) is 3.19. The summed E-state index contributed by atoms with van der Waals surface area (Å²) in [5, 5.41) is 2.84. The van der Waals surface area contributed by atoms with Gasteiger partial charge in [-0.3, -0.25) is 4.79 Å². The Balaban J connectivity index is 1.97. The number of halogens is 1. The van der Waals surface area contributed by atoms with E-state index in [1.807, 2.05) is 24.3 Å². The van der Waals surface area contributed by atoms with E-state index in [0.29, 0.717) is 13.2 Å². The SMILES string of the molecule is CC(C)(OC1COC1)C(=O)Nc1cccc(Br)c1. The largest absolute Gasteiger partial charge is 0.376 e. The second kappa shape index (κ2) is 5.38. The van der Waals surface area contributed by atoms with Crippen molar-refractivity contribution in [3.8, 4) is 0 Å². The van der Waals surface area contributed by atoms with Crippen LogP contribution in [0.3, 0.4) is 0 Å². The van der Waals surface area contributed by atoms with Crippen LogP contribution in [-0.2, 0) is 14.3 Å². The monoisotopic (exact) mass is 313 g/mol. The number of rotatable bonds is 4. The Morgan fingerprint density at radius 1 is 1.50 bits per heavy atom. The van der Waals surface area contributed by atoms with Gasteiger partial charge in [0.2, 0.25) is 0 Å². The second-order valence-electron chi connectivity index (χ2n) is 4.75. The number of hydrogen-bond donors (Lipinski definition) is 1. The van der Waals surface area contributed by atoms with Crippen molar-refractivity contribution in [3.63, 3.8) is 0 Å². The van der Waals surface area contributed by atoms with E-state index in [0.717, 1.165) is 10.2 Å². The average molecular weight is 314 g/mol. The van der Waals surface area contributed by atoms with Crippen molar-refractivity contribution in [1.82, 2.24) is 0 Å². The number of carbonyl (C=O) groups excluding carboxylic acids is 1. The van der Waals surface area contributed by atoms with Gasteiger partial charge in [0.05, 0.1) is 13.2 Å². The molecular formula is C13H16BrNO3. The highest BCUT2D eigenvalue weighted by molar-refractivity contribution is 9.10. The maximum Gasteiger partial charge on any atom is 0.256 e. The minimum Gasteiger partial charge on any atom is -0.376 e. The average Bonchev–Trinajstić information content (AvgIpc) is 2.24. The molecule has 1 saturated heterocycles. The van der Waals surface area contributed by atoms with Gasteiger partial charge in [-0.15, -0.1) is 0 Å². The molecule has 4 nitrogen and oxygen atoms in total. The minimum atomic E-state index is -0.864. The lowest BCUT2D eigenvalue weighted by atomic mass is 10.1. The van der Waals surface area contributed by atoms with Gasteiger partial charge in [0.1, 0.15) is 11.7 Å². The first kappa shape index (κ1) is 13.5. The smallest absolute Gasteiger partial charge is 0.256 e. The molecule has 98 valence electrons. The van der Waals surface area contributed by atoms with Gasteiger partial charge in [0.25, 0.3) is 5.91 Å². The van der Waals surface area contributed by atoms with Gasteiger partial charge < -0.3 is 14.8 Å². The first-order valence-electron chi connectivity index (χ1n) is 5.80. The standard InChI is InChI=1S/C13H16BrNO3/c1-13(2,18-11-7-17-8-11)12(16)15-10-5-3-4-9(14)6-10/h3-6,11H,7-8H2,1-2H3,(H,15,16). The van der Waals surface area contributed by atoms with E-state index in [4.69, 9.17) is 9.47 Å². The Labute approximate surface area is 115 Å². The molecule has 1 aromatic rings. The number of nitrogens with one attached hydrogen (secondary N) is 1. The van der Waals surface area contributed by atoms with E-state index >= 15 is 0 Å². The molecular weight excluding hydrogens is 298 g/mol. The van der Waals surface area contributed by atoms with E-state index in [-0.39, 0.29) is 12.0 Å². The van der Waals surface area contributed by atoms with E-state index in [2.05, 4.69) is 21.2 Å². The van der Waals surface area contributed by atoms with Crippen molar-refractivity contribution >= 4 is 27.5 Å². The molecule has 0 saturated carbocycles. The Bertz CT molecular complexity index is 444. The zero-order valence-electron chi connectivity index (χ0n) is 10.4. The summed E-state index contributed by atoms with van der Waals surface area (Å²) in [5.74, 6) is -0.160. The molecule has 0 atom stereocenters. The van der Waals surface area contributed by atoms with Crippen molar-refractivity contribution in [2.45, 2.75) is 25.6 Å². The Morgan fingerprint density at radius 3 is 2.78 bits per heavy atom. The lowest BCUT2D eigenvalue weighted by Gasteiger charge is -2.34. The van der Waals surface area contributed by atoms with Gasteiger partial charge >= 0.3 is 0 Å². The summed E-state index contributed by atoms with van der Waals surface area (Å²) in [6, 6.07) is 7.46. The molecule has 5 heteroatoms. The van der Waals surface area contributed by atoms with Gasteiger partial charge in [-0.25, -0.2) is 0 Å². The quantitative estimate of drug-likeness (QED) is 0.929. The summed E-state index contributed by atoms with van der Waals surface area (Å²) >= 11 is 3.36. The number of carbonyl (C=O) groups is 1. The molecule has 1 aliphatic heterocycles. The highest BCUT2D eigenvalue weighted by Crippen LogP contribution is 2.21. The third kappa shape index (κ3) is 3.31. The number of hydrogen-bond acceptors (Lipinski definition) is 3. The molecule has 0 aromatic heterocycles. The van der Waals surface area contributed by atoms with Crippen LogP contribution >= 0.6 is 15.9 Å². The molecule has 1 amide bonds. The van der Waals surface area contributed by atoms with Crippen LogP contribution in [-0.4, -0.2) is 30.8 Å². The van der Waals surface area contributed by atoms with E-state index in [9.17, 15) is 4.79 Å². The topological polar surface area (TPSA) is 47.6 Å². The molecule has 1 heterocycles. The molecule has 0 aliphatic carbocycles. The fraction of sp³-hybridized carbons (Fsp3) is 0.462. The third-order valence-electron chi connectivity index (χ3n) is 2.70. The van der Waals surface area contributed by atoms with Crippen LogP contribution in [0.5, 0.6) is 0 Å². The van der Waals surface area contributed by atoms with Gasteiger partial charge in [-0.1, -0.05) is 22.0 Å². The van der Waals surface area contributed by atoms with E-state index < -0.39 is 5.60 Å². The fourth-order valence-corrected chi connectivity index (χ4v) is 2.00. The predicted octanol–water partition coefficient (Wildman–Crippen LogP) is 2.58. The number of amides is 1. The summed E-state index contributed by atoms with van der Waals surface area (Å²) in [6.07, 6.45) is 0.0215. The lowest BCUT2D eigenvalue weighted by molar-refractivity contribution is -0.186. The lowest BCUT2D eigenvalue weighted by Crippen LogP contribution is -2.48. The van der Waals surface area contributed by atoms with Crippen molar-refractivity contribution in [2.75, 3.05) is 18.5 Å². The normalized spacial score (nSPS) is 16.2. The number of anilines is 1. The van der Waals surface area contributed by atoms with E-state index in [1.165, 1.54) is 0 Å². The maximum atomic E-state index is 12.1. The Kier molecular flexibility index (Phi) is 4.04.